The van der Waals surface area contributed by atoms with Crippen molar-refractivity contribution in [3.05, 3.63) is 64.7 Å². The van der Waals surface area contributed by atoms with Gasteiger partial charge in [0.25, 0.3) is 17.0 Å². The van der Waals surface area contributed by atoms with Crippen molar-refractivity contribution >= 4 is 64.3 Å². The molecule has 272 valence electrons. The van der Waals surface area contributed by atoms with Crippen LogP contribution in [-0.4, -0.2) is 87.8 Å². The third-order valence-corrected chi connectivity index (χ3v) is 9.12. The number of carbonyl (C=O) groups excluding carboxylic acids is 5. The zero-order valence-corrected chi connectivity index (χ0v) is 29.8. The molecule has 1 atom stereocenters. The van der Waals surface area contributed by atoms with Crippen molar-refractivity contribution in [3.8, 4) is 16.7 Å². The first-order valence-corrected chi connectivity index (χ1v) is 17.4. The highest BCUT2D eigenvalue weighted by atomic mass is 32.1. The van der Waals surface area contributed by atoms with E-state index in [0.29, 0.717) is 47.1 Å². The van der Waals surface area contributed by atoms with Gasteiger partial charge in [-0.3, -0.25) is 19.4 Å². The molecule has 2 N–H and O–H groups in total. The van der Waals surface area contributed by atoms with Crippen molar-refractivity contribution in [2.45, 2.75) is 38.6 Å². The highest BCUT2D eigenvalue weighted by Crippen LogP contribution is 2.38. The van der Waals surface area contributed by atoms with Crippen molar-refractivity contribution in [3.63, 3.8) is 0 Å². The summed E-state index contributed by atoms with van der Waals surface area (Å²) in [5.41, 5.74) is 2.18. The number of nitrogens with one attached hydrogen (secondary N) is 2. The van der Waals surface area contributed by atoms with Gasteiger partial charge in [0, 0.05) is 57.1 Å². The fraction of sp³-hybridized carbons (Fsp3) is 0.343. The smallest absolute Gasteiger partial charge is 0.362 e. The lowest BCUT2D eigenvalue weighted by molar-refractivity contribution is -0.116. The highest BCUT2D eigenvalue weighted by Gasteiger charge is 2.32. The van der Waals surface area contributed by atoms with E-state index in [4.69, 9.17) is 18.9 Å². The summed E-state index contributed by atoms with van der Waals surface area (Å²) >= 11 is 0.976. The number of thiazole rings is 1. The van der Waals surface area contributed by atoms with Gasteiger partial charge < -0.3 is 43.6 Å². The molecular weight excluding hydrogens is 694 g/mol. The quantitative estimate of drug-likeness (QED) is 0.146. The van der Waals surface area contributed by atoms with Gasteiger partial charge in [0.05, 0.1) is 49.0 Å². The normalized spacial score (nSPS) is 14.7. The van der Waals surface area contributed by atoms with Crippen LogP contribution in [0.15, 0.2) is 47.0 Å². The predicted octanol–water partition coefficient (Wildman–Crippen LogP) is 4.60. The Hall–Kier alpha value is -5.97. The lowest BCUT2D eigenvalue weighted by atomic mass is 10.1. The minimum Gasteiger partial charge on any atom is -0.493 e. The number of hydrogen-bond donors (Lipinski definition) is 2. The number of fused-ring (bicyclic) bond motifs is 2. The SMILES string of the molecule is CCOC(=O)c1csc(OC(=O)c2cc(NC(=O)c3cc(NC(=O)CCCOc4cc5c(cc4OC)C(=O)N4CCC[C@H]4C=N5)cn3C)cn2C)n1. The maximum atomic E-state index is 13.1. The van der Waals surface area contributed by atoms with E-state index in [1.165, 1.54) is 23.1 Å². The van der Waals surface area contributed by atoms with Crippen molar-refractivity contribution in [1.29, 1.82) is 0 Å². The van der Waals surface area contributed by atoms with Crippen molar-refractivity contribution in [2.75, 3.05) is 37.5 Å². The largest absolute Gasteiger partial charge is 0.493 e. The summed E-state index contributed by atoms with van der Waals surface area (Å²) in [5, 5.41) is 6.96. The molecule has 0 unspecified atom stereocenters. The van der Waals surface area contributed by atoms with Crippen LogP contribution >= 0.6 is 11.3 Å². The molecule has 0 bridgehead atoms. The zero-order chi connectivity index (χ0) is 36.9. The summed E-state index contributed by atoms with van der Waals surface area (Å²) in [7, 11) is 4.78. The highest BCUT2D eigenvalue weighted by molar-refractivity contribution is 7.11. The molecular formula is C35H37N7O9S. The van der Waals surface area contributed by atoms with Gasteiger partial charge in [-0.2, -0.15) is 4.98 Å². The molecule has 1 fully saturated rings. The Kier molecular flexibility index (Phi) is 10.7. The molecule has 1 saturated heterocycles. The Labute approximate surface area is 302 Å². The minimum absolute atomic E-state index is 0.00868. The van der Waals surface area contributed by atoms with E-state index in [1.807, 2.05) is 11.1 Å². The summed E-state index contributed by atoms with van der Waals surface area (Å²) in [4.78, 5) is 74.0. The number of hydrogen-bond acceptors (Lipinski definition) is 12. The molecule has 6 rings (SSSR count). The maximum absolute atomic E-state index is 13.1. The zero-order valence-electron chi connectivity index (χ0n) is 29.0. The van der Waals surface area contributed by atoms with Crippen LogP contribution in [0.4, 0.5) is 17.1 Å². The van der Waals surface area contributed by atoms with Crippen LogP contribution in [-0.2, 0) is 23.6 Å². The van der Waals surface area contributed by atoms with Crippen LogP contribution < -0.4 is 24.8 Å². The van der Waals surface area contributed by atoms with E-state index in [0.717, 1.165) is 24.2 Å². The van der Waals surface area contributed by atoms with Crippen LogP contribution in [0, 0.1) is 0 Å². The fourth-order valence-electron chi connectivity index (χ4n) is 5.88. The molecule has 0 spiro atoms. The number of methoxy groups -OCH3 is 1. The average Bonchev–Trinajstić information content (AvgIpc) is 3.92. The number of anilines is 2. The first kappa shape index (κ1) is 35.8. The number of amides is 3. The number of esters is 2. The second-order valence-corrected chi connectivity index (χ2v) is 12.8. The summed E-state index contributed by atoms with van der Waals surface area (Å²) in [5.74, 6) is -1.33. The molecule has 5 heterocycles. The molecule has 0 aliphatic carbocycles. The van der Waals surface area contributed by atoms with Gasteiger partial charge in [-0.15, -0.1) is 0 Å². The number of aryl methyl sites for hydroxylation is 2. The minimum atomic E-state index is -0.731. The standard InChI is InChI=1S/C35H37N7O9S/c1-5-49-33(46)25-19-52-35(39-25)51-34(47)27-13-21(18-41(27)3)38-31(44)26-12-20(17-40(26)2)37-30(43)9-7-11-50-29-15-24-23(14-28(29)48-4)32(45)42-10-6-8-22(42)16-36-24/h12-19,22H,5-11H2,1-4H3,(H,37,43)(H,38,44)/t22-/m0/s1. The molecule has 3 aromatic heterocycles. The van der Waals surface area contributed by atoms with Gasteiger partial charge in [0.15, 0.2) is 17.2 Å². The molecule has 52 heavy (non-hydrogen) atoms. The number of aliphatic imine (C=N–C) groups is 1. The van der Waals surface area contributed by atoms with E-state index < -0.39 is 17.8 Å². The number of ether oxygens (including phenoxy) is 4. The Bertz CT molecular complexity index is 2060. The van der Waals surface area contributed by atoms with Crippen LogP contribution in [0.5, 0.6) is 16.7 Å². The number of carbonyl (C=O) groups is 5. The molecule has 3 amide bonds. The van der Waals surface area contributed by atoms with Gasteiger partial charge in [0.2, 0.25) is 5.91 Å². The lowest BCUT2D eigenvalue weighted by Crippen LogP contribution is -2.35. The van der Waals surface area contributed by atoms with E-state index in [1.54, 1.807) is 56.2 Å². The van der Waals surface area contributed by atoms with Crippen molar-refractivity contribution in [2.24, 2.45) is 19.1 Å². The van der Waals surface area contributed by atoms with E-state index in [-0.39, 0.29) is 59.8 Å². The molecule has 4 aromatic rings. The molecule has 2 aliphatic heterocycles. The Morgan fingerprint density at radius 3 is 2.50 bits per heavy atom. The Morgan fingerprint density at radius 2 is 1.73 bits per heavy atom. The summed E-state index contributed by atoms with van der Waals surface area (Å²) < 4.78 is 24.7. The van der Waals surface area contributed by atoms with Crippen LogP contribution in [0.2, 0.25) is 0 Å². The van der Waals surface area contributed by atoms with Crippen LogP contribution in [0.3, 0.4) is 0 Å². The molecule has 0 saturated carbocycles. The van der Waals surface area contributed by atoms with E-state index in [9.17, 15) is 24.0 Å². The second-order valence-electron chi connectivity index (χ2n) is 12.0. The fourth-order valence-corrected chi connectivity index (χ4v) is 6.52. The van der Waals surface area contributed by atoms with Gasteiger partial charge in [-0.25, -0.2) is 9.59 Å². The first-order chi connectivity index (χ1) is 25.0. The third-order valence-electron chi connectivity index (χ3n) is 8.40. The summed E-state index contributed by atoms with van der Waals surface area (Å²) in [6, 6.07) is 6.32. The van der Waals surface area contributed by atoms with Crippen LogP contribution in [0.25, 0.3) is 0 Å². The number of aromatic nitrogens is 3. The Morgan fingerprint density at radius 1 is 0.981 bits per heavy atom. The number of rotatable bonds is 13. The van der Waals surface area contributed by atoms with Crippen molar-refractivity contribution < 1.29 is 42.9 Å². The summed E-state index contributed by atoms with van der Waals surface area (Å²) in [6.07, 6.45) is 7.33. The molecule has 17 heteroatoms. The van der Waals surface area contributed by atoms with Crippen molar-refractivity contribution in [1.82, 2.24) is 19.0 Å². The third kappa shape index (κ3) is 7.83. The Balaban J connectivity index is 0.994. The topological polar surface area (TPSA) is 185 Å². The molecule has 2 aliphatic rings. The molecule has 0 radical (unpaired) electrons. The predicted molar refractivity (Wildman–Crippen MR) is 190 cm³/mol. The second kappa shape index (κ2) is 15.5. The lowest BCUT2D eigenvalue weighted by Gasteiger charge is -2.20. The van der Waals surface area contributed by atoms with Gasteiger partial charge >= 0.3 is 11.9 Å². The van der Waals surface area contributed by atoms with E-state index >= 15 is 0 Å². The molecule has 1 aromatic carbocycles. The van der Waals surface area contributed by atoms with E-state index in [2.05, 4.69) is 20.6 Å². The monoisotopic (exact) mass is 731 g/mol. The van der Waals surface area contributed by atoms with Gasteiger partial charge in [0.1, 0.15) is 11.4 Å². The van der Waals surface area contributed by atoms with Crippen LogP contribution in [0.1, 0.15) is 74.4 Å². The number of benzene rings is 1. The molecule has 16 nitrogen and oxygen atoms in total. The van der Waals surface area contributed by atoms with Gasteiger partial charge in [-0.1, -0.05) is 11.3 Å². The van der Waals surface area contributed by atoms with Gasteiger partial charge in [-0.05, 0) is 44.4 Å². The number of nitrogens with zero attached hydrogens (tertiary/aromatic N) is 5. The summed E-state index contributed by atoms with van der Waals surface area (Å²) in [6.45, 7) is 2.77. The first-order valence-electron chi connectivity index (χ1n) is 16.5. The average molecular weight is 732 g/mol. The maximum Gasteiger partial charge on any atom is 0.362 e.